The Kier molecular flexibility index (Phi) is 4.74. The molecule has 0 aromatic rings. The van der Waals surface area contributed by atoms with Gasteiger partial charge in [0.25, 0.3) is 0 Å². The first-order valence-corrected chi connectivity index (χ1v) is 5.82. The molecule has 2 N–H and O–H groups in total. The molecule has 17 heavy (non-hydrogen) atoms. The first kappa shape index (κ1) is 13.8. The molecular formula is C11H21N3O3. The molecule has 0 saturated carbocycles. The Morgan fingerprint density at radius 3 is 2.53 bits per heavy atom. The lowest BCUT2D eigenvalue weighted by Gasteiger charge is -2.41. The van der Waals surface area contributed by atoms with E-state index in [1.54, 1.807) is 11.8 Å². The van der Waals surface area contributed by atoms with E-state index in [0.29, 0.717) is 19.6 Å². The molecule has 0 radical (unpaired) electrons. The Morgan fingerprint density at radius 1 is 1.47 bits per heavy atom. The third-order valence-electron chi connectivity index (χ3n) is 3.13. The molecule has 0 spiro atoms. The van der Waals surface area contributed by atoms with Gasteiger partial charge < -0.3 is 20.2 Å². The number of nitrogens with zero attached hydrogens (tertiary/aromatic N) is 2. The highest BCUT2D eigenvalue weighted by atomic mass is 16.4. The Morgan fingerprint density at radius 2 is 2.06 bits per heavy atom. The maximum atomic E-state index is 11.6. The van der Waals surface area contributed by atoms with Crippen LogP contribution in [0.5, 0.6) is 0 Å². The molecule has 6 nitrogen and oxygen atoms in total. The molecule has 1 rings (SSSR count). The van der Waals surface area contributed by atoms with E-state index >= 15 is 0 Å². The topological polar surface area (TPSA) is 72.9 Å². The zero-order chi connectivity index (χ0) is 13.0. The van der Waals surface area contributed by atoms with Crippen molar-refractivity contribution in [2.75, 3.05) is 40.3 Å². The number of amides is 2. The molecule has 1 saturated heterocycles. The summed E-state index contributed by atoms with van der Waals surface area (Å²) in [4.78, 5) is 26.0. The Bertz CT molecular complexity index is 288. The fourth-order valence-electron chi connectivity index (χ4n) is 1.69. The van der Waals surface area contributed by atoms with Gasteiger partial charge in [0, 0.05) is 32.1 Å². The van der Waals surface area contributed by atoms with Gasteiger partial charge in [0.2, 0.25) is 0 Å². The number of carboxylic acid groups (broad SMARTS) is 1. The maximum absolute atomic E-state index is 11.6. The van der Waals surface area contributed by atoms with Crippen LogP contribution in [0.1, 0.15) is 6.92 Å². The number of nitrogens with one attached hydrogen (secondary N) is 1. The molecule has 0 aromatic carbocycles. The predicted molar refractivity (Wildman–Crippen MR) is 63.8 cm³/mol. The van der Waals surface area contributed by atoms with Crippen LogP contribution in [0.2, 0.25) is 0 Å². The summed E-state index contributed by atoms with van der Waals surface area (Å²) in [7, 11) is 3.89. The normalized spacial score (nSPS) is 17.8. The van der Waals surface area contributed by atoms with Crippen LogP contribution in [0, 0.1) is 11.8 Å². The van der Waals surface area contributed by atoms with Gasteiger partial charge >= 0.3 is 12.0 Å². The smallest absolute Gasteiger partial charge is 0.317 e. The van der Waals surface area contributed by atoms with Crippen molar-refractivity contribution < 1.29 is 14.7 Å². The van der Waals surface area contributed by atoms with Gasteiger partial charge in [-0.3, -0.25) is 4.79 Å². The van der Waals surface area contributed by atoms with E-state index in [4.69, 9.17) is 5.11 Å². The van der Waals surface area contributed by atoms with Crippen LogP contribution in [-0.2, 0) is 4.79 Å². The predicted octanol–water partition coefficient (Wildman–Crippen LogP) is -0.0899. The molecule has 2 amide bonds. The minimum Gasteiger partial charge on any atom is -0.481 e. The number of carboxylic acids is 1. The largest absolute Gasteiger partial charge is 0.481 e. The second-order valence-corrected chi connectivity index (χ2v) is 4.83. The number of carbonyl (C=O) groups excluding carboxylic acids is 1. The molecule has 1 unspecified atom stereocenters. The van der Waals surface area contributed by atoms with Gasteiger partial charge in [0.15, 0.2) is 0 Å². The number of aliphatic carboxylic acids is 1. The minimum atomic E-state index is -0.789. The molecule has 6 heteroatoms. The number of hydrogen-bond acceptors (Lipinski definition) is 3. The Balaban J connectivity index is 2.19. The summed E-state index contributed by atoms with van der Waals surface area (Å²) >= 11 is 0. The summed E-state index contributed by atoms with van der Waals surface area (Å²) in [6.07, 6.45) is 0. The van der Waals surface area contributed by atoms with Crippen LogP contribution >= 0.6 is 0 Å². The fourth-order valence-corrected chi connectivity index (χ4v) is 1.69. The van der Waals surface area contributed by atoms with E-state index in [9.17, 15) is 9.59 Å². The number of carbonyl (C=O) groups is 2. The summed E-state index contributed by atoms with van der Waals surface area (Å²) in [5, 5.41) is 11.6. The molecule has 1 atom stereocenters. The third-order valence-corrected chi connectivity index (χ3v) is 3.13. The van der Waals surface area contributed by atoms with Crippen LogP contribution in [0.3, 0.4) is 0 Å². The van der Waals surface area contributed by atoms with Gasteiger partial charge in [-0.2, -0.15) is 0 Å². The Labute approximate surface area is 102 Å². The quantitative estimate of drug-likeness (QED) is 0.708. The lowest BCUT2D eigenvalue weighted by atomic mass is 9.87. The molecule has 0 aromatic heterocycles. The van der Waals surface area contributed by atoms with Crippen LogP contribution < -0.4 is 5.32 Å². The van der Waals surface area contributed by atoms with Gasteiger partial charge in [0.05, 0.1) is 5.92 Å². The maximum Gasteiger partial charge on any atom is 0.317 e. The van der Waals surface area contributed by atoms with E-state index in [2.05, 4.69) is 5.32 Å². The van der Waals surface area contributed by atoms with Crippen molar-refractivity contribution in [1.29, 1.82) is 0 Å². The number of hydrogen-bond donors (Lipinski definition) is 2. The lowest BCUT2D eigenvalue weighted by molar-refractivity contribution is -0.144. The van der Waals surface area contributed by atoms with E-state index < -0.39 is 5.97 Å². The molecule has 98 valence electrons. The van der Waals surface area contributed by atoms with Gasteiger partial charge in [-0.05, 0) is 14.1 Å². The highest BCUT2D eigenvalue weighted by Crippen LogP contribution is 2.23. The SMILES string of the molecule is CC(C(=O)O)C1CN(C(=O)NCCN(C)C)C1. The minimum absolute atomic E-state index is 0.0899. The van der Waals surface area contributed by atoms with Crippen molar-refractivity contribution in [3.63, 3.8) is 0 Å². The van der Waals surface area contributed by atoms with Crippen molar-refractivity contribution in [2.24, 2.45) is 11.8 Å². The van der Waals surface area contributed by atoms with Crippen molar-refractivity contribution in [2.45, 2.75) is 6.92 Å². The van der Waals surface area contributed by atoms with Gasteiger partial charge in [0.1, 0.15) is 0 Å². The molecular weight excluding hydrogens is 222 g/mol. The monoisotopic (exact) mass is 243 g/mol. The fraction of sp³-hybridized carbons (Fsp3) is 0.818. The average molecular weight is 243 g/mol. The number of rotatable bonds is 5. The van der Waals surface area contributed by atoms with Gasteiger partial charge in [-0.1, -0.05) is 6.92 Å². The van der Waals surface area contributed by atoms with Gasteiger partial charge in [-0.25, -0.2) is 4.79 Å². The second kappa shape index (κ2) is 5.86. The molecule has 1 heterocycles. The summed E-state index contributed by atoms with van der Waals surface area (Å²) in [6, 6.07) is -0.0966. The van der Waals surface area contributed by atoms with Crippen LogP contribution in [0.4, 0.5) is 4.79 Å². The molecule has 1 fully saturated rings. The van der Waals surface area contributed by atoms with Crippen LogP contribution in [0.25, 0.3) is 0 Å². The lowest BCUT2D eigenvalue weighted by Crippen LogP contribution is -2.56. The van der Waals surface area contributed by atoms with Crippen molar-refractivity contribution in [3.05, 3.63) is 0 Å². The van der Waals surface area contributed by atoms with Crippen molar-refractivity contribution in [3.8, 4) is 0 Å². The van der Waals surface area contributed by atoms with Crippen LogP contribution in [0.15, 0.2) is 0 Å². The highest BCUT2D eigenvalue weighted by molar-refractivity contribution is 5.76. The zero-order valence-corrected chi connectivity index (χ0v) is 10.6. The second-order valence-electron chi connectivity index (χ2n) is 4.83. The Hall–Kier alpha value is -1.30. The summed E-state index contributed by atoms with van der Waals surface area (Å²) in [6.45, 7) is 4.19. The summed E-state index contributed by atoms with van der Waals surface area (Å²) in [5.74, 6) is -1.07. The molecule has 1 aliphatic heterocycles. The van der Waals surface area contributed by atoms with Crippen LogP contribution in [-0.4, -0.2) is 67.2 Å². The summed E-state index contributed by atoms with van der Waals surface area (Å²) in [5.41, 5.74) is 0. The summed E-state index contributed by atoms with van der Waals surface area (Å²) < 4.78 is 0. The first-order chi connectivity index (χ1) is 7.91. The standard InChI is InChI=1S/C11H21N3O3/c1-8(10(15)16)9-6-14(7-9)11(17)12-4-5-13(2)3/h8-9H,4-7H2,1-3H3,(H,12,17)(H,15,16). The first-order valence-electron chi connectivity index (χ1n) is 5.82. The number of urea groups is 1. The number of likely N-dealkylation sites (N-methyl/N-ethyl adjacent to an activating group) is 1. The van der Waals surface area contributed by atoms with E-state index in [1.165, 1.54) is 0 Å². The van der Waals surface area contributed by atoms with E-state index in [-0.39, 0.29) is 17.9 Å². The molecule has 0 bridgehead atoms. The van der Waals surface area contributed by atoms with E-state index in [1.807, 2.05) is 19.0 Å². The van der Waals surface area contributed by atoms with Crippen molar-refractivity contribution >= 4 is 12.0 Å². The number of likely N-dealkylation sites (tertiary alicyclic amines) is 1. The van der Waals surface area contributed by atoms with Crippen molar-refractivity contribution in [1.82, 2.24) is 15.1 Å². The highest BCUT2D eigenvalue weighted by Gasteiger charge is 2.36. The average Bonchev–Trinajstić information content (AvgIpc) is 2.14. The van der Waals surface area contributed by atoms with E-state index in [0.717, 1.165) is 6.54 Å². The molecule has 1 aliphatic rings. The zero-order valence-electron chi connectivity index (χ0n) is 10.6. The van der Waals surface area contributed by atoms with Gasteiger partial charge in [-0.15, -0.1) is 0 Å². The molecule has 0 aliphatic carbocycles. The third kappa shape index (κ3) is 3.89.